The van der Waals surface area contributed by atoms with Crippen LogP contribution in [0, 0.1) is 0 Å². The Kier molecular flexibility index (Phi) is 6.46. The summed E-state index contributed by atoms with van der Waals surface area (Å²) in [5, 5.41) is 3.28. The van der Waals surface area contributed by atoms with Gasteiger partial charge in [-0.15, -0.1) is 0 Å². The van der Waals surface area contributed by atoms with Crippen LogP contribution in [-0.2, 0) is 11.3 Å². The molecule has 3 nitrogen and oxygen atoms in total. The first-order valence-electron chi connectivity index (χ1n) is 7.50. The van der Waals surface area contributed by atoms with Crippen LogP contribution in [0.2, 0.25) is 0 Å². The second-order valence-corrected chi connectivity index (χ2v) is 5.99. The van der Waals surface area contributed by atoms with Crippen LogP contribution in [0.4, 0.5) is 5.69 Å². The molecule has 0 radical (unpaired) electrons. The highest BCUT2D eigenvalue weighted by Crippen LogP contribution is 2.14. The Morgan fingerprint density at radius 1 is 1.09 bits per heavy atom. The average Bonchev–Trinajstić information content (AvgIpc) is 2.55. The van der Waals surface area contributed by atoms with Crippen molar-refractivity contribution in [1.29, 1.82) is 0 Å². The van der Waals surface area contributed by atoms with Crippen molar-refractivity contribution in [2.24, 2.45) is 0 Å². The van der Waals surface area contributed by atoms with Gasteiger partial charge in [-0.2, -0.15) is 0 Å². The number of amides is 1. The summed E-state index contributed by atoms with van der Waals surface area (Å²) in [5.74, 6) is 0.177. The number of benzene rings is 2. The van der Waals surface area contributed by atoms with Gasteiger partial charge in [0.25, 0.3) is 0 Å². The maximum absolute atomic E-state index is 12.3. The maximum Gasteiger partial charge on any atom is 0.224 e. The minimum Gasteiger partial charge on any atom is -0.385 e. The van der Waals surface area contributed by atoms with Crippen molar-refractivity contribution in [3.8, 4) is 0 Å². The monoisotopic (exact) mass is 360 g/mol. The normalized spacial score (nSPS) is 10.3. The van der Waals surface area contributed by atoms with Crippen LogP contribution >= 0.6 is 15.9 Å². The highest BCUT2D eigenvalue weighted by atomic mass is 79.9. The van der Waals surface area contributed by atoms with Crippen LogP contribution in [-0.4, -0.2) is 23.9 Å². The molecule has 2 aromatic rings. The Labute approximate surface area is 140 Å². The minimum atomic E-state index is 0.177. The number of nitrogens with one attached hydrogen (secondary N) is 1. The SMILES string of the molecule is CCN(Cc1ccccc1)C(=O)CCNc1ccc(Br)cc1. The van der Waals surface area contributed by atoms with Gasteiger partial charge in [-0.05, 0) is 36.8 Å². The number of anilines is 1. The topological polar surface area (TPSA) is 32.3 Å². The number of nitrogens with zero attached hydrogens (tertiary/aromatic N) is 1. The van der Waals surface area contributed by atoms with E-state index in [0.29, 0.717) is 19.5 Å². The molecule has 0 bridgehead atoms. The minimum absolute atomic E-state index is 0.177. The van der Waals surface area contributed by atoms with Crippen LogP contribution < -0.4 is 5.32 Å². The Hall–Kier alpha value is -1.81. The zero-order chi connectivity index (χ0) is 15.8. The van der Waals surface area contributed by atoms with Crippen molar-refractivity contribution < 1.29 is 4.79 Å². The summed E-state index contributed by atoms with van der Waals surface area (Å²) in [6.07, 6.45) is 0.497. The van der Waals surface area contributed by atoms with Gasteiger partial charge in [-0.25, -0.2) is 0 Å². The van der Waals surface area contributed by atoms with Gasteiger partial charge in [0, 0.05) is 36.2 Å². The van der Waals surface area contributed by atoms with E-state index in [9.17, 15) is 4.79 Å². The predicted octanol–water partition coefficient (Wildman–Crippen LogP) is 4.30. The fourth-order valence-corrected chi connectivity index (χ4v) is 2.48. The molecule has 1 amide bonds. The summed E-state index contributed by atoms with van der Waals surface area (Å²) < 4.78 is 1.05. The molecule has 0 aliphatic carbocycles. The van der Waals surface area contributed by atoms with Crippen LogP contribution in [0.25, 0.3) is 0 Å². The first-order chi connectivity index (χ1) is 10.7. The molecular formula is C18H21BrN2O. The summed E-state index contributed by atoms with van der Waals surface area (Å²) in [5.41, 5.74) is 2.20. The van der Waals surface area contributed by atoms with E-state index in [-0.39, 0.29) is 5.91 Å². The standard InChI is InChI=1S/C18H21BrN2O/c1-2-21(14-15-6-4-3-5-7-15)18(22)12-13-20-17-10-8-16(19)9-11-17/h3-11,20H,2,12-14H2,1H3. The molecule has 4 heteroatoms. The molecule has 0 aliphatic heterocycles. The van der Waals surface area contributed by atoms with Gasteiger partial charge in [0.05, 0.1) is 0 Å². The van der Waals surface area contributed by atoms with Crippen LogP contribution in [0.3, 0.4) is 0 Å². The van der Waals surface area contributed by atoms with Gasteiger partial charge >= 0.3 is 0 Å². The molecule has 0 saturated heterocycles. The molecular weight excluding hydrogens is 340 g/mol. The van der Waals surface area contributed by atoms with Gasteiger partial charge in [-0.3, -0.25) is 4.79 Å². The van der Waals surface area contributed by atoms with Gasteiger partial charge in [0.15, 0.2) is 0 Å². The van der Waals surface area contributed by atoms with E-state index in [1.54, 1.807) is 0 Å². The third-order valence-corrected chi connectivity index (χ3v) is 3.99. The number of hydrogen-bond donors (Lipinski definition) is 1. The Morgan fingerprint density at radius 3 is 2.41 bits per heavy atom. The van der Waals surface area contributed by atoms with Crippen molar-refractivity contribution in [2.45, 2.75) is 19.9 Å². The third kappa shape index (κ3) is 5.19. The first-order valence-corrected chi connectivity index (χ1v) is 8.29. The Morgan fingerprint density at radius 2 is 1.77 bits per heavy atom. The molecule has 0 saturated carbocycles. The number of carbonyl (C=O) groups excluding carboxylic acids is 1. The van der Waals surface area contributed by atoms with E-state index in [1.807, 2.05) is 54.3 Å². The molecule has 2 rings (SSSR count). The maximum atomic E-state index is 12.3. The molecule has 1 N–H and O–H groups in total. The molecule has 0 aromatic heterocycles. The highest BCUT2D eigenvalue weighted by molar-refractivity contribution is 9.10. The highest BCUT2D eigenvalue weighted by Gasteiger charge is 2.11. The molecule has 0 unspecified atom stereocenters. The Bertz CT molecular complexity index is 584. The lowest BCUT2D eigenvalue weighted by atomic mass is 10.2. The smallest absolute Gasteiger partial charge is 0.224 e. The molecule has 116 valence electrons. The molecule has 0 heterocycles. The summed E-state index contributed by atoms with van der Waals surface area (Å²) in [6.45, 7) is 4.06. The molecule has 0 spiro atoms. The fourth-order valence-electron chi connectivity index (χ4n) is 2.22. The summed E-state index contributed by atoms with van der Waals surface area (Å²) in [4.78, 5) is 14.2. The molecule has 22 heavy (non-hydrogen) atoms. The number of rotatable bonds is 7. The summed E-state index contributed by atoms with van der Waals surface area (Å²) in [7, 11) is 0. The van der Waals surface area contributed by atoms with E-state index < -0.39 is 0 Å². The molecule has 2 aromatic carbocycles. The van der Waals surface area contributed by atoms with Crippen molar-refractivity contribution in [2.75, 3.05) is 18.4 Å². The van der Waals surface area contributed by atoms with Crippen molar-refractivity contribution in [1.82, 2.24) is 4.90 Å². The molecule has 0 atom stereocenters. The average molecular weight is 361 g/mol. The van der Waals surface area contributed by atoms with Crippen molar-refractivity contribution in [3.63, 3.8) is 0 Å². The van der Waals surface area contributed by atoms with E-state index in [2.05, 4.69) is 33.4 Å². The first kappa shape index (κ1) is 16.6. The third-order valence-electron chi connectivity index (χ3n) is 3.46. The molecule has 0 aliphatic rings. The van der Waals surface area contributed by atoms with Crippen LogP contribution in [0.1, 0.15) is 18.9 Å². The zero-order valence-corrected chi connectivity index (χ0v) is 14.3. The van der Waals surface area contributed by atoms with Crippen molar-refractivity contribution in [3.05, 3.63) is 64.6 Å². The molecule has 0 fully saturated rings. The lowest BCUT2D eigenvalue weighted by molar-refractivity contribution is -0.131. The van der Waals surface area contributed by atoms with E-state index in [0.717, 1.165) is 16.7 Å². The van der Waals surface area contributed by atoms with Gasteiger partial charge < -0.3 is 10.2 Å². The number of hydrogen-bond acceptors (Lipinski definition) is 2. The summed E-state index contributed by atoms with van der Waals surface area (Å²) >= 11 is 3.41. The second kappa shape index (κ2) is 8.59. The largest absolute Gasteiger partial charge is 0.385 e. The number of carbonyl (C=O) groups is 1. The second-order valence-electron chi connectivity index (χ2n) is 5.08. The van der Waals surface area contributed by atoms with Crippen LogP contribution in [0.15, 0.2) is 59.1 Å². The van der Waals surface area contributed by atoms with E-state index >= 15 is 0 Å². The quantitative estimate of drug-likeness (QED) is 0.798. The Balaban J connectivity index is 1.80. The number of halogens is 1. The van der Waals surface area contributed by atoms with Crippen molar-refractivity contribution >= 4 is 27.5 Å². The predicted molar refractivity (Wildman–Crippen MR) is 94.8 cm³/mol. The van der Waals surface area contributed by atoms with E-state index in [1.165, 1.54) is 5.56 Å². The lowest BCUT2D eigenvalue weighted by Gasteiger charge is -2.21. The van der Waals surface area contributed by atoms with E-state index in [4.69, 9.17) is 0 Å². The summed E-state index contributed by atoms with van der Waals surface area (Å²) in [6, 6.07) is 18.1. The van der Waals surface area contributed by atoms with Gasteiger partial charge in [-0.1, -0.05) is 46.3 Å². The van der Waals surface area contributed by atoms with Gasteiger partial charge in [0.1, 0.15) is 0 Å². The van der Waals surface area contributed by atoms with Gasteiger partial charge in [0.2, 0.25) is 5.91 Å². The van der Waals surface area contributed by atoms with Crippen LogP contribution in [0.5, 0.6) is 0 Å². The fraction of sp³-hybridized carbons (Fsp3) is 0.278. The zero-order valence-electron chi connectivity index (χ0n) is 12.8. The lowest BCUT2D eigenvalue weighted by Crippen LogP contribution is -2.31.